The van der Waals surface area contributed by atoms with E-state index < -0.39 is 0 Å². The Kier molecular flexibility index (Phi) is 3.38. The van der Waals surface area contributed by atoms with Crippen LogP contribution in [0.1, 0.15) is 60.4 Å². The minimum absolute atomic E-state index is 0.143. The fourth-order valence-corrected chi connectivity index (χ4v) is 7.18. The van der Waals surface area contributed by atoms with Gasteiger partial charge in [-0.05, 0) is 69.8 Å². The molecule has 0 amide bonds. The first-order chi connectivity index (χ1) is 15.2. The van der Waals surface area contributed by atoms with Crippen LogP contribution in [0.15, 0.2) is 91.0 Å². The maximum atomic E-state index is 2.45. The van der Waals surface area contributed by atoms with Crippen molar-refractivity contribution in [2.75, 3.05) is 0 Å². The molecule has 0 bridgehead atoms. The highest BCUT2D eigenvalue weighted by molar-refractivity contribution is 5.90. The van der Waals surface area contributed by atoms with E-state index in [0.29, 0.717) is 0 Å². The van der Waals surface area contributed by atoms with E-state index in [1.807, 2.05) is 0 Å². The normalized spacial score (nSPS) is 18.5. The Hall–Kier alpha value is -3.12. The molecular weight excluding hydrogens is 372 g/mol. The van der Waals surface area contributed by atoms with Crippen molar-refractivity contribution in [3.8, 4) is 22.3 Å². The zero-order valence-corrected chi connectivity index (χ0v) is 18.0. The fourth-order valence-electron chi connectivity index (χ4n) is 7.18. The summed E-state index contributed by atoms with van der Waals surface area (Å²) in [4.78, 5) is 0. The minimum Gasteiger partial charge on any atom is -0.0619 e. The first kappa shape index (κ1) is 17.5. The van der Waals surface area contributed by atoms with E-state index in [4.69, 9.17) is 0 Å². The molecule has 0 heterocycles. The summed E-state index contributed by atoms with van der Waals surface area (Å²) < 4.78 is 0. The van der Waals surface area contributed by atoms with Gasteiger partial charge in [-0.3, -0.25) is 0 Å². The van der Waals surface area contributed by atoms with Crippen LogP contribution in [-0.2, 0) is 10.8 Å². The predicted molar refractivity (Wildman–Crippen MR) is 129 cm³/mol. The molecule has 0 aromatic heterocycles. The van der Waals surface area contributed by atoms with Gasteiger partial charge in [0.2, 0.25) is 0 Å². The number of fused-ring (bicyclic) bond motifs is 8. The first-order valence-corrected chi connectivity index (χ1v) is 11.7. The van der Waals surface area contributed by atoms with Gasteiger partial charge >= 0.3 is 0 Å². The lowest BCUT2D eigenvalue weighted by molar-refractivity contribution is 0.549. The molecule has 1 spiro atoms. The summed E-state index contributed by atoms with van der Waals surface area (Å²) >= 11 is 0. The molecule has 0 nitrogen and oxygen atoms in total. The van der Waals surface area contributed by atoms with Crippen LogP contribution < -0.4 is 0 Å². The second kappa shape index (κ2) is 5.98. The summed E-state index contributed by atoms with van der Waals surface area (Å²) in [7, 11) is 0. The Morgan fingerprint density at radius 3 is 1.61 bits per heavy atom. The van der Waals surface area contributed by atoms with Crippen LogP contribution in [0.5, 0.6) is 0 Å². The van der Waals surface area contributed by atoms with Crippen LogP contribution in [0.2, 0.25) is 0 Å². The van der Waals surface area contributed by atoms with E-state index >= 15 is 0 Å². The smallest absolute Gasteiger partial charge is 0.0441 e. The lowest BCUT2D eigenvalue weighted by atomic mass is 9.70. The third kappa shape index (κ3) is 2.01. The number of rotatable bonds is 1. The summed E-state index contributed by atoms with van der Waals surface area (Å²) in [6.07, 6.45) is 5.23. The maximum absolute atomic E-state index is 2.45. The quantitative estimate of drug-likeness (QED) is 0.306. The second-order valence-corrected chi connectivity index (χ2v) is 9.78. The van der Waals surface area contributed by atoms with Crippen LogP contribution in [0.25, 0.3) is 22.3 Å². The Balaban J connectivity index is 1.59. The van der Waals surface area contributed by atoms with Gasteiger partial charge in [0.25, 0.3) is 0 Å². The number of hydrogen-bond donors (Lipinski definition) is 0. The molecule has 0 radical (unpaired) electrons. The van der Waals surface area contributed by atoms with Crippen molar-refractivity contribution in [1.82, 2.24) is 0 Å². The molecule has 0 heteroatoms. The molecule has 7 rings (SSSR count). The van der Waals surface area contributed by atoms with Crippen molar-refractivity contribution in [2.24, 2.45) is 0 Å². The van der Waals surface area contributed by atoms with Gasteiger partial charge in [-0.25, -0.2) is 0 Å². The Labute approximate surface area is 184 Å². The fraction of sp³-hybridized carbons (Fsp3) is 0.226. The molecule has 3 aliphatic carbocycles. The van der Waals surface area contributed by atoms with Crippen molar-refractivity contribution in [2.45, 2.75) is 43.4 Å². The summed E-state index contributed by atoms with van der Waals surface area (Å²) in [6, 6.07) is 34.5. The highest BCUT2D eigenvalue weighted by Crippen LogP contribution is 2.61. The molecule has 4 aromatic carbocycles. The lowest BCUT2D eigenvalue weighted by Gasteiger charge is -2.32. The van der Waals surface area contributed by atoms with Gasteiger partial charge < -0.3 is 0 Å². The summed E-state index contributed by atoms with van der Waals surface area (Å²) in [5.41, 5.74) is 13.3. The van der Waals surface area contributed by atoms with Gasteiger partial charge in [-0.1, -0.05) is 104 Å². The minimum atomic E-state index is -0.143. The molecule has 1 saturated carbocycles. The number of benzene rings is 4. The van der Waals surface area contributed by atoms with E-state index in [0.717, 1.165) is 0 Å². The van der Waals surface area contributed by atoms with Crippen molar-refractivity contribution in [1.29, 1.82) is 0 Å². The van der Waals surface area contributed by atoms with E-state index in [9.17, 15) is 0 Å². The molecule has 4 aromatic rings. The summed E-state index contributed by atoms with van der Waals surface area (Å²) in [6.45, 7) is 2.45. The molecular formula is C31H26. The average Bonchev–Trinajstić information content (AvgIpc) is 3.50. The molecule has 0 N–H and O–H groups in total. The van der Waals surface area contributed by atoms with Crippen LogP contribution in [0.3, 0.4) is 0 Å². The Morgan fingerprint density at radius 1 is 0.484 bits per heavy atom. The van der Waals surface area contributed by atoms with Crippen LogP contribution >= 0.6 is 0 Å². The Morgan fingerprint density at radius 2 is 0.968 bits per heavy atom. The van der Waals surface area contributed by atoms with E-state index in [1.54, 1.807) is 11.1 Å². The predicted octanol–water partition coefficient (Wildman–Crippen LogP) is 7.86. The number of hydrogen-bond acceptors (Lipinski definition) is 0. The molecule has 0 aliphatic heterocycles. The van der Waals surface area contributed by atoms with Crippen molar-refractivity contribution >= 4 is 0 Å². The van der Waals surface area contributed by atoms with Crippen LogP contribution in [0, 0.1) is 0 Å². The summed E-state index contributed by atoms with van der Waals surface area (Å²) in [5, 5.41) is 0. The molecule has 0 atom stereocenters. The monoisotopic (exact) mass is 398 g/mol. The highest BCUT2D eigenvalue weighted by Gasteiger charge is 2.49. The van der Waals surface area contributed by atoms with Crippen molar-refractivity contribution in [3.05, 3.63) is 119 Å². The van der Waals surface area contributed by atoms with Crippen LogP contribution in [0.4, 0.5) is 0 Å². The van der Waals surface area contributed by atoms with Gasteiger partial charge in [-0.15, -0.1) is 0 Å². The van der Waals surface area contributed by atoms with E-state index in [2.05, 4.69) is 97.9 Å². The lowest BCUT2D eigenvalue weighted by Crippen LogP contribution is -2.25. The SMILES string of the molecule is CC1(c2cccc3c2-c2ccccc2C32CCCC2)c2ccccc2-c2ccccc21. The Bertz CT molecular complexity index is 1300. The third-order valence-corrected chi connectivity index (χ3v) is 8.51. The van der Waals surface area contributed by atoms with Gasteiger partial charge in [0.15, 0.2) is 0 Å². The maximum Gasteiger partial charge on any atom is 0.0441 e. The van der Waals surface area contributed by atoms with Crippen molar-refractivity contribution in [3.63, 3.8) is 0 Å². The summed E-state index contributed by atoms with van der Waals surface area (Å²) in [5.74, 6) is 0. The van der Waals surface area contributed by atoms with E-state index in [1.165, 1.54) is 64.6 Å². The largest absolute Gasteiger partial charge is 0.0619 e. The zero-order chi connectivity index (χ0) is 20.6. The van der Waals surface area contributed by atoms with Gasteiger partial charge in [0.1, 0.15) is 0 Å². The highest BCUT2D eigenvalue weighted by atomic mass is 14.5. The topological polar surface area (TPSA) is 0 Å². The zero-order valence-electron chi connectivity index (χ0n) is 18.0. The third-order valence-electron chi connectivity index (χ3n) is 8.51. The first-order valence-electron chi connectivity index (χ1n) is 11.7. The molecule has 0 saturated heterocycles. The van der Waals surface area contributed by atoms with Gasteiger partial charge in [0, 0.05) is 10.8 Å². The van der Waals surface area contributed by atoms with Crippen LogP contribution in [-0.4, -0.2) is 0 Å². The standard InChI is InChI=1S/C31H26/c1-30(24-14-5-2-11-21(24)22-12-3-6-15-25(22)30)27-17-10-18-28-29(27)23-13-4-7-16-26(23)31(28)19-8-9-20-31/h2-7,10-18H,8-9,19-20H2,1H3. The molecule has 0 unspecified atom stereocenters. The van der Waals surface area contributed by atoms with Gasteiger partial charge in [0.05, 0.1) is 0 Å². The molecule has 1 fully saturated rings. The second-order valence-electron chi connectivity index (χ2n) is 9.78. The van der Waals surface area contributed by atoms with E-state index in [-0.39, 0.29) is 10.8 Å². The average molecular weight is 399 g/mol. The molecule has 150 valence electrons. The molecule has 31 heavy (non-hydrogen) atoms. The van der Waals surface area contributed by atoms with Gasteiger partial charge in [-0.2, -0.15) is 0 Å². The molecule has 3 aliphatic rings. The van der Waals surface area contributed by atoms with Crippen molar-refractivity contribution < 1.29 is 0 Å².